The summed E-state index contributed by atoms with van der Waals surface area (Å²) in [6, 6.07) is 12.5. The van der Waals surface area contributed by atoms with Crippen LogP contribution >= 0.6 is 11.6 Å². The molecule has 0 bridgehead atoms. The molecule has 0 saturated carbocycles. The largest absolute Gasteiger partial charge is 0.320 e. The van der Waals surface area contributed by atoms with Crippen LogP contribution in [0.1, 0.15) is 35.4 Å². The Balaban J connectivity index is 1.82. The molecule has 134 valence electrons. The third-order valence-electron chi connectivity index (χ3n) is 5.18. The van der Waals surface area contributed by atoms with Crippen molar-refractivity contribution in [1.29, 1.82) is 0 Å². The standard InChI is InChI=1S/C22H24ClN3/c1-15-10-20-21(11-16(15)2)26(14-17-5-7-19(23)8-6-17)22(25-20)12-18-4-3-9-24-13-18/h5-8,10-12,24H,3-4,9,13-14H2,1-2H3. The SMILES string of the molecule is Cc1cc2nc(C=C3CCCNC3)n(Cc3ccc(Cl)cc3)c2cc1C. The van der Waals surface area contributed by atoms with Crippen LogP contribution in [0.5, 0.6) is 0 Å². The lowest BCUT2D eigenvalue weighted by atomic mass is 10.1. The van der Waals surface area contributed by atoms with Gasteiger partial charge >= 0.3 is 0 Å². The number of fused-ring (bicyclic) bond motifs is 1. The summed E-state index contributed by atoms with van der Waals surface area (Å²) in [6.07, 6.45) is 4.61. The van der Waals surface area contributed by atoms with E-state index in [9.17, 15) is 0 Å². The Kier molecular flexibility index (Phi) is 4.84. The molecule has 0 radical (unpaired) electrons. The number of hydrogen-bond acceptors (Lipinski definition) is 2. The normalized spacial score (nSPS) is 16.5. The second-order valence-electron chi connectivity index (χ2n) is 7.19. The van der Waals surface area contributed by atoms with Gasteiger partial charge in [-0.3, -0.25) is 0 Å². The Labute approximate surface area is 159 Å². The van der Waals surface area contributed by atoms with Gasteiger partial charge in [0.05, 0.1) is 11.0 Å². The molecule has 0 aliphatic carbocycles. The van der Waals surface area contributed by atoms with E-state index in [1.807, 2.05) is 12.1 Å². The topological polar surface area (TPSA) is 29.9 Å². The van der Waals surface area contributed by atoms with E-state index < -0.39 is 0 Å². The maximum absolute atomic E-state index is 6.05. The zero-order valence-electron chi connectivity index (χ0n) is 15.3. The second-order valence-corrected chi connectivity index (χ2v) is 7.63. The van der Waals surface area contributed by atoms with E-state index in [1.54, 1.807) is 0 Å². The van der Waals surface area contributed by atoms with Gasteiger partial charge in [0, 0.05) is 18.1 Å². The number of nitrogens with zero attached hydrogens (tertiary/aromatic N) is 2. The molecule has 0 spiro atoms. The zero-order chi connectivity index (χ0) is 18.1. The van der Waals surface area contributed by atoms with Gasteiger partial charge in [-0.1, -0.05) is 29.3 Å². The first-order chi connectivity index (χ1) is 12.6. The molecule has 0 atom stereocenters. The van der Waals surface area contributed by atoms with Gasteiger partial charge < -0.3 is 9.88 Å². The first-order valence-corrected chi connectivity index (χ1v) is 9.60. The summed E-state index contributed by atoms with van der Waals surface area (Å²) in [5.41, 5.74) is 7.50. The van der Waals surface area contributed by atoms with Crippen molar-refractivity contribution in [3.63, 3.8) is 0 Å². The van der Waals surface area contributed by atoms with Crippen molar-refractivity contribution in [3.05, 3.63) is 69.5 Å². The van der Waals surface area contributed by atoms with Gasteiger partial charge in [0.2, 0.25) is 0 Å². The fourth-order valence-electron chi connectivity index (χ4n) is 3.53. The van der Waals surface area contributed by atoms with E-state index in [1.165, 1.54) is 34.2 Å². The molecule has 1 N–H and O–H groups in total. The Bertz CT molecular complexity index is 959. The zero-order valence-corrected chi connectivity index (χ0v) is 16.1. The molecule has 1 aliphatic rings. The Morgan fingerprint density at radius 2 is 1.92 bits per heavy atom. The van der Waals surface area contributed by atoms with E-state index in [4.69, 9.17) is 16.6 Å². The van der Waals surface area contributed by atoms with Gasteiger partial charge in [-0.15, -0.1) is 0 Å². The third-order valence-corrected chi connectivity index (χ3v) is 5.44. The molecule has 1 aromatic heterocycles. The fourth-order valence-corrected chi connectivity index (χ4v) is 3.66. The van der Waals surface area contributed by atoms with Crippen molar-refractivity contribution in [2.75, 3.05) is 13.1 Å². The van der Waals surface area contributed by atoms with Gasteiger partial charge in [0.1, 0.15) is 5.82 Å². The molecule has 1 aliphatic heterocycles. The number of piperidine rings is 1. The van der Waals surface area contributed by atoms with Crippen LogP contribution in [0.25, 0.3) is 17.1 Å². The van der Waals surface area contributed by atoms with Crippen LogP contribution in [-0.4, -0.2) is 22.6 Å². The smallest absolute Gasteiger partial charge is 0.134 e. The maximum Gasteiger partial charge on any atom is 0.134 e. The summed E-state index contributed by atoms with van der Waals surface area (Å²) in [5, 5.41) is 4.23. The molecule has 26 heavy (non-hydrogen) atoms. The first-order valence-electron chi connectivity index (χ1n) is 9.22. The lowest BCUT2D eigenvalue weighted by molar-refractivity contribution is 0.612. The summed E-state index contributed by atoms with van der Waals surface area (Å²) in [7, 11) is 0. The predicted molar refractivity (Wildman–Crippen MR) is 110 cm³/mol. The van der Waals surface area contributed by atoms with E-state index in [0.29, 0.717) is 0 Å². The van der Waals surface area contributed by atoms with Gasteiger partial charge in [-0.2, -0.15) is 0 Å². The molecule has 1 fully saturated rings. The molecular weight excluding hydrogens is 342 g/mol. The average Bonchev–Trinajstić information content (AvgIpc) is 2.95. The molecule has 2 aromatic carbocycles. The number of aryl methyl sites for hydroxylation is 2. The van der Waals surface area contributed by atoms with Gasteiger partial charge in [-0.25, -0.2) is 4.98 Å². The molecular formula is C22H24ClN3. The van der Waals surface area contributed by atoms with E-state index >= 15 is 0 Å². The Morgan fingerprint density at radius 1 is 1.15 bits per heavy atom. The maximum atomic E-state index is 6.05. The minimum atomic E-state index is 0.770. The third kappa shape index (κ3) is 3.55. The van der Waals surface area contributed by atoms with E-state index in [0.717, 1.165) is 42.4 Å². The minimum absolute atomic E-state index is 0.770. The number of imidazole rings is 1. The number of hydrogen-bond donors (Lipinski definition) is 1. The summed E-state index contributed by atoms with van der Waals surface area (Å²) < 4.78 is 2.33. The van der Waals surface area contributed by atoms with Crippen molar-refractivity contribution >= 4 is 28.7 Å². The molecule has 3 aromatic rings. The van der Waals surface area contributed by atoms with Crippen LogP contribution in [0.15, 0.2) is 42.0 Å². The monoisotopic (exact) mass is 365 g/mol. The molecule has 4 rings (SSSR count). The Hall–Kier alpha value is -2.10. The highest BCUT2D eigenvalue weighted by Gasteiger charge is 2.13. The minimum Gasteiger partial charge on any atom is -0.320 e. The van der Waals surface area contributed by atoms with Crippen LogP contribution in [0.2, 0.25) is 5.02 Å². The van der Waals surface area contributed by atoms with Crippen LogP contribution in [-0.2, 0) is 6.54 Å². The highest BCUT2D eigenvalue weighted by Crippen LogP contribution is 2.24. The lowest BCUT2D eigenvalue weighted by Gasteiger charge is -2.15. The highest BCUT2D eigenvalue weighted by molar-refractivity contribution is 6.30. The number of aromatic nitrogens is 2. The van der Waals surface area contributed by atoms with Crippen molar-refractivity contribution in [2.45, 2.75) is 33.2 Å². The van der Waals surface area contributed by atoms with Crippen LogP contribution in [0.3, 0.4) is 0 Å². The second kappa shape index (κ2) is 7.26. The molecule has 4 heteroatoms. The molecule has 3 nitrogen and oxygen atoms in total. The summed E-state index contributed by atoms with van der Waals surface area (Å²) in [6.45, 7) is 7.18. The molecule has 0 unspecified atom stereocenters. The lowest BCUT2D eigenvalue weighted by Crippen LogP contribution is -2.23. The van der Waals surface area contributed by atoms with Crippen molar-refractivity contribution in [2.24, 2.45) is 0 Å². The quantitative estimate of drug-likeness (QED) is 0.698. The number of halogens is 1. The van der Waals surface area contributed by atoms with Crippen LogP contribution in [0.4, 0.5) is 0 Å². The number of rotatable bonds is 3. The number of nitrogens with one attached hydrogen (secondary N) is 1. The summed E-state index contributed by atoms with van der Waals surface area (Å²) in [4.78, 5) is 4.96. The van der Waals surface area contributed by atoms with Crippen molar-refractivity contribution in [3.8, 4) is 0 Å². The van der Waals surface area contributed by atoms with E-state index in [2.05, 4.69) is 54.1 Å². The predicted octanol–water partition coefficient (Wildman–Crippen LogP) is 5.12. The highest BCUT2D eigenvalue weighted by atomic mass is 35.5. The fraction of sp³-hybridized carbons (Fsp3) is 0.318. The van der Waals surface area contributed by atoms with Gasteiger partial charge in [-0.05, 0) is 80.3 Å². The van der Waals surface area contributed by atoms with Crippen LogP contribution in [0, 0.1) is 13.8 Å². The van der Waals surface area contributed by atoms with E-state index in [-0.39, 0.29) is 0 Å². The average molecular weight is 366 g/mol. The Morgan fingerprint density at radius 3 is 2.65 bits per heavy atom. The van der Waals surface area contributed by atoms with Crippen molar-refractivity contribution < 1.29 is 0 Å². The molecule has 2 heterocycles. The van der Waals surface area contributed by atoms with Crippen molar-refractivity contribution in [1.82, 2.24) is 14.9 Å². The molecule has 1 saturated heterocycles. The molecule has 0 amide bonds. The summed E-state index contributed by atoms with van der Waals surface area (Å²) in [5.74, 6) is 1.04. The van der Waals surface area contributed by atoms with Crippen LogP contribution < -0.4 is 5.32 Å². The summed E-state index contributed by atoms with van der Waals surface area (Å²) >= 11 is 6.05. The first kappa shape index (κ1) is 17.3. The van der Waals surface area contributed by atoms with Gasteiger partial charge in [0.25, 0.3) is 0 Å². The number of benzene rings is 2. The van der Waals surface area contributed by atoms with Gasteiger partial charge in [0.15, 0.2) is 0 Å².